The van der Waals surface area contributed by atoms with Gasteiger partial charge in [-0.2, -0.15) is 0 Å². The first-order valence-corrected chi connectivity index (χ1v) is 17.2. The zero-order valence-corrected chi connectivity index (χ0v) is 27.9. The highest BCUT2D eigenvalue weighted by Crippen LogP contribution is 2.55. The van der Waals surface area contributed by atoms with Gasteiger partial charge < -0.3 is 4.90 Å². The molecule has 2 aliphatic rings. The quantitative estimate of drug-likeness (QED) is 0.188. The second-order valence-electron chi connectivity index (χ2n) is 13.8. The van der Waals surface area contributed by atoms with E-state index in [-0.39, 0.29) is 5.41 Å². The summed E-state index contributed by atoms with van der Waals surface area (Å²) in [5.41, 5.74) is 17.2. The zero-order chi connectivity index (χ0) is 33.4. The van der Waals surface area contributed by atoms with Gasteiger partial charge >= 0.3 is 0 Å². The van der Waals surface area contributed by atoms with Crippen molar-refractivity contribution < 1.29 is 0 Å². The van der Waals surface area contributed by atoms with Crippen LogP contribution in [-0.2, 0) is 5.41 Å². The molecule has 1 aromatic heterocycles. The summed E-state index contributed by atoms with van der Waals surface area (Å²) < 4.78 is 0. The summed E-state index contributed by atoms with van der Waals surface area (Å²) in [6.07, 6.45) is 3.58. The number of fused-ring (bicyclic) bond motifs is 6. The van der Waals surface area contributed by atoms with Gasteiger partial charge in [0.25, 0.3) is 0 Å². The summed E-state index contributed by atoms with van der Waals surface area (Å²) in [6, 6.07) is 55.3. The standard InChI is InChI=1S/C47H33N3/c1-47(2)41-18-6-5-15-40(41)45-42(47)19-9-20-43(45)50(32-23-21-30(22-24-32)46-48-27-10-28-49-46)33-12-7-11-31(29-33)34-25-26-39-36-14-4-3-13-35(36)38-17-8-16-37(34)44(38)39/h3-29H,1-2H3. The fraction of sp³-hybridized carbons (Fsp3) is 0.0638. The van der Waals surface area contributed by atoms with Gasteiger partial charge in [-0.1, -0.05) is 117 Å². The Kier molecular flexibility index (Phi) is 6.22. The Hall–Kier alpha value is -6.32. The maximum atomic E-state index is 4.50. The van der Waals surface area contributed by atoms with Crippen LogP contribution in [-0.4, -0.2) is 9.97 Å². The van der Waals surface area contributed by atoms with Gasteiger partial charge in [0.1, 0.15) is 0 Å². The van der Waals surface area contributed by atoms with Crippen LogP contribution < -0.4 is 4.90 Å². The van der Waals surface area contributed by atoms with Gasteiger partial charge in [-0.15, -0.1) is 0 Å². The first-order chi connectivity index (χ1) is 24.6. The zero-order valence-electron chi connectivity index (χ0n) is 27.9. The summed E-state index contributed by atoms with van der Waals surface area (Å²) in [5.74, 6) is 0.720. The van der Waals surface area contributed by atoms with E-state index in [1.54, 1.807) is 12.4 Å². The smallest absolute Gasteiger partial charge is 0.159 e. The molecule has 0 N–H and O–H groups in total. The molecule has 0 aliphatic heterocycles. The molecular weight excluding hydrogens is 607 g/mol. The third-order valence-electron chi connectivity index (χ3n) is 10.7. The minimum Gasteiger partial charge on any atom is -0.310 e. The summed E-state index contributed by atoms with van der Waals surface area (Å²) in [6.45, 7) is 4.68. The summed E-state index contributed by atoms with van der Waals surface area (Å²) in [5, 5.41) is 2.62. The molecule has 8 aromatic rings. The van der Waals surface area contributed by atoms with E-state index in [0.717, 1.165) is 28.5 Å². The highest BCUT2D eigenvalue weighted by atomic mass is 15.1. The number of benzene rings is 7. The van der Waals surface area contributed by atoms with Crippen molar-refractivity contribution in [3.8, 4) is 55.9 Å². The van der Waals surface area contributed by atoms with Gasteiger partial charge in [0.15, 0.2) is 5.82 Å². The van der Waals surface area contributed by atoms with Gasteiger partial charge in [-0.3, -0.25) is 0 Å². The molecule has 7 aromatic carbocycles. The molecule has 0 saturated heterocycles. The van der Waals surface area contributed by atoms with Gasteiger partial charge in [-0.05, 0) is 109 Å². The van der Waals surface area contributed by atoms with Crippen molar-refractivity contribution in [2.75, 3.05) is 4.90 Å². The van der Waals surface area contributed by atoms with E-state index < -0.39 is 0 Å². The van der Waals surface area contributed by atoms with Crippen molar-refractivity contribution in [3.63, 3.8) is 0 Å². The van der Waals surface area contributed by atoms with E-state index >= 15 is 0 Å². The third kappa shape index (κ3) is 4.17. The van der Waals surface area contributed by atoms with Crippen LogP contribution in [0.5, 0.6) is 0 Å². The molecule has 0 radical (unpaired) electrons. The Bertz CT molecular complexity index is 2590. The Morgan fingerprint density at radius 1 is 0.460 bits per heavy atom. The molecule has 0 bridgehead atoms. The average Bonchev–Trinajstić information content (AvgIpc) is 3.62. The van der Waals surface area contributed by atoms with E-state index in [0.29, 0.717) is 0 Å². The number of hydrogen-bond donors (Lipinski definition) is 0. The maximum Gasteiger partial charge on any atom is 0.159 e. The molecule has 0 fully saturated rings. The molecule has 0 saturated carbocycles. The molecule has 50 heavy (non-hydrogen) atoms. The molecule has 0 atom stereocenters. The Morgan fingerprint density at radius 3 is 1.90 bits per heavy atom. The Balaban J connectivity index is 1.17. The van der Waals surface area contributed by atoms with Crippen molar-refractivity contribution in [2.24, 2.45) is 0 Å². The predicted octanol–water partition coefficient (Wildman–Crippen LogP) is 12.4. The second-order valence-corrected chi connectivity index (χ2v) is 13.8. The van der Waals surface area contributed by atoms with E-state index in [9.17, 15) is 0 Å². The largest absolute Gasteiger partial charge is 0.310 e. The lowest BCUT2D eigenvalue weighted by atomic mass is 9.82. The van der Waals surface area contributed by atoms with Gasteiger partial charge in [0.2, 0.25) is 0 Å². The van der Waals surface area contributed by atoms with Crippen LogP contribution in [0.1, 0.15) is 25.0 Å². The van der Waals surface area contributed by atoms with Crippen LogP contribution in [0.15, 0.2) is 164 Å². The van der Waals surface area contributed by atoms with E-state index in [1.807, 2.05) is 6.07 Å². The van der Waals surface area contributed by atoms with Crippen LogP contribution in [0.4, 0.5) is 17.1 Å². The van der Waals surface area contributed by atoms with Gasteiger partial charge in [0, 0.05) is 40.3 Å². The molecule has 10 rings (SSSR count). The molecule has 3 heteroatoms. The molecule has 0 amide bonds. The van der Waals surface area contributed by atoms with E-state index in [1.165, 1.54) is 66.4 Å². The fourth-order valence-corrected chi connectivity index (χ4v) is 8.43. The van der Waals surface area contributed by atoms with E-state index in [4.69, 9.17) is 0 Å². The van der Waals surface area contributed by atoms with Crippen molar-refractivity contribution in [1.29, 1.82) is 0 Å². The summed E-state index contributed by atoms with van der Waals surface area (Å²) in [4.78, 5) is 11.4. The first-order valence-electron chi connectivity index (χ1n) is 17.2. The monoisotopic (exact) mass is 639 g/mol. The summed E-state index contributed by atoms with van der Waals surface area (Å²) in [7, 11) is 0. The molecule has 0 spiro atoms. The van der Waals surface area contributed by atoms with Crippen LogP contribution >= 0.6 is 0 Å². The van der Waals surface area contributed by atoms with Crippen LogP contribution in [0.2, 0.25) is 0 Å². The van der Waals surface area contributed by atoms with Crippen molar-refractivity contribution in [3.05, 3.63) is 175 Å². The van der Waals surface area contributed by atoms with Crippen LogP contribution in [0.3, 0.4) is 0 Å². The molecule has 1 heterocycles. The topological polar surface area (TPSA) is 29.0 Å². The Labute approximate surface area is 292 Å². The predicted molar refractivity (Wildman–Crippen MR) is 207 cm³/mol. The average molecular weight is 640 g/mol. The minimum absolute atomic E-state index is 0.105. The molecular formula is C47H33N3. The highest BCUT2D eigenvalue weighted by molar-refractivity contribution is 6.18. The summed E-state index contributed by atoms with van der Waals surface area (Å²) >= 11 is 0. The van der Waals surface area contributed by atoms with Gasteiger partial charge in [-0.25, -0.2) is 9.97 Å². The maximum absolute atomic E-state index is 4.50. The van der Waals surface area contributed by atoms with E-state index in [2.05, 4.69) is 174 Å². The lowest BCUT2D eigenvalue weighted by Crippen LogP contribution is -2.16. The Morgan fingerprint density at radius 2 is 1.10 bits per heavy atom. The normalized spacial score (nSPS) is 13.2. The minimum atomic E-state index is -0.105. The number of rotatable bonds is 5. The lowest BCUT2D eigenvalue weighted by molar-refractivity contribution is 0.660. The molecule has 0 unspecified atom stereocenters. The van der Waals surface area contributed by atoms with Crippen molar-refractivity contribution in [1.82, 2.24) is 9.97 Å². The second kappa shape index (κ2) is 10.8. The van der Waals surface area contributed by atoms with Crippen LogP contribution in [0.25, 0.3) is 66.7 Å². The molecule has 3 nitrogen and oxygen atoms in total. The number of nitrogens with zero attached hydrogens (tertiary/aromatic N) is 3. The first kappa shape index (κ1) is 28.7. The highest BCUT2D eigenvalue weighted by Gasteiger charge is 2.37. The number of anilines is 3. The van der Waals surface area contributed by atoms with Crippen LogP contribution in [0, 0.1) is 0 Å². The van der Waals surface area contributed by atoms with Crippen molar-refractivity contribution >= 4 is 27.8 Å². The van der Waals surface area contributed by atoms with Gasteiger partial charge in [0.05, 0.1) is 5.69 Å². The fourth-order valence-electron chi connectivity index (χ4n) is 8.43. The number of hydrogen-bond acceptors (Lipinski definition) is 3. The van der Waals surface area contributed by atoms with Crippen molar-refractivity contribution in [2.45, 2.75) is 19.3 Å². The SMILES string of the molecule is CC1(C)c2ccccc2-c2c(N(c3ccc(-c4ncccn4)cc3)c3cccc(-c4ccc5c6c(cccc46)-c4ccccc4-5)c3)cccc21. The number of aromatic nitrogens is 2. The third-order valence-corrected chi connectivity index (χ3v) is 10.7. The molecule has 236 valence electrons. The molecule has 2 aliphatic carbocycles. The lowest BCUT2D eigenvalue weighted by Gasteiger charge is -2.29.